The molecule has 0 atom stereocenters. The molecule has 0 aliphatic rings. The van der Waals surface area contributed by atoms with Crippen LogP contribution in [0.25, 0.3) is 0 Å². The maximum atomic E-state index is 12.8. The zero-order valence-corrected chi connectivity index (χ0v) is 6.86. The zero-order chi connectivity index (χ0) is 8.43. The van der Waals surface area contributed by atoms with Crippen molar-refractivity contribution in [3.8, 4) is 0 Å². The number of halogens is 1. The minimum absolute atomic E-state index is 0.114. The second kappa shape index (κ2) is 3.05. The number of ketones is 1. The first-order chi connectivity index (χ1) is 5.11. The van der Waals surface area contributed by atoms with E-state index < -0.39 is 5.82 Å². The molecule has 11 heavy (non-hydrogen) atoms. The van der Waals surface area contributed by atoms with E-state index in [0.29, 0.717) is 4.90 Å². The van der Waals surface area contributed by atoms with E-state index in [1.54, 1.807) is 6.07 Å². The molecule has 0 heterocycles. The topological polar surface area (TPSA) is 17.1 Å². The molecule has 1 aromatic rings. The van der Waals surface area contributed by atoms with Crippen LogP contribution in [0.1, 0.15) is 17.3 Å². The van der Waals surface area contributed by atoms with E-state index >= 15 is 0 Å². The Morgan fingerprint density at radius 2 is 2.18 bits per heavy atom. The second-order valence-corrected chi connectivity index (χ2v) is 2.74. The lowest BCUT2D eigenvalue weighted by atomic mass is 10.1. The summed E-state index contributed by atoms with van der Waals surface area (Å²) in [7, 11) is 0. The molecule has 0 fully saturated rings. The standard InChI is InChI=1S/C8H7FOS/c1-5(10)7-3-2-6(11)4-8(7)9/h2-4,11H,1H3. The van der Waals surface area contributed by atoms with Gasteiger partial charge < -0.3 is 0 Å². The van der Waals surface area contributed by atoms with Crippen molar-refractivity contribution in [2.24, 2.45) is 0 Å². The largest absolute Gasteiger partial charge is 0.294 e. The predicted molar refractivity (Wildman–Crippen MR) is 43.7 cm³/mol. The van der Waals surface area contributed by atoms with Gasteiger partial charge in [-0.25, -0.2) is 4.39 Å². The number of Topliss-reactive ketones (excluding diaryl/α,β-unsaturated/α-hetero) is 1. The fourth-order valence-electron chi connectivity index (χ4n) is 0.790. The zero-order valence-electron chi connectivity index (χ0n) is 5.97. The van der Waals surface area contributed by atoms with Gasteiger partial charge in [0.1, 0.15) is 5.82 Å². The highest BCUT2D eigenvalue weighted by Crippen LogP contribution is 2.13. The summed E-state index contributed by atoms with van der Waals surface area (Å²) >= 11 is 3.92. The third-order valence-corrected chi connectivity index (χ3v) is 1.61. The number of benzene rings is 1. The van der Waals surface area contributed by atoms with Gasteiger partial charge in [0.05, 0.1) is 5.56 Å². The molecule has 0 radical (unpaired) electrons. The molecule has 0 amide bonds. The second-order valence-electron chi connectivity index (χ2n) is 2.22. The summed E-state index contributed by atoms with van der Waals surface area (Å²) in [5.74, 6) is -0.777. The van der Waals surface area contributed by atoms with Gasteiger partial charge in [-0.3, -0.25) is 4.79 Å². The molecular weight excluding hydrogens is 163 g/mol. The number of thiol groups is 1. The van der Waals surface area contributed by atoms with Crippen LogP contribution < -0.4 is 0 Å². The van der Waals surface area contributed by atoms with Crippen LogP contribution in [0, 0.1) is 5.82 Å². The van der Waals surface area contributed by atoms with Gasteiger partial charge in [0.25, 0.3) is 0 Å². The smallest absolute Gasteiger partial charge is 0.162 e. The van der Waals surface area contributed by atoms with E-state index in [1.807, 2.05) is 0 Å². The monoisotopic (exact) mass is 170 g/mol. The molecule has 0 bridgehead atoms. The summed E-state index contributed by atoms with van der Waals surface area (Å²) in [5.41, 5.74) is 0.114. The van der Waals surface area contributed by atoms with Gasteiger partial charge in [0, 0.05) is 4.90 Å². The molecule has 1 rings (SSSR count). The lowest BCUT2D eigenvalue weighted by molar-refractivity contribution is 0.101. The van der Waals surface area contributed by atoms with Gasteiger partial charge in [0.2, 0.25) is 0 Å². The first kappa shape index (κ1) is 8.27. The molecule has 0 unspecified atom stereocenters. The Morgan fingerprint density at radius 3 is 2.64 bits per heavy atom. The van der Waals surface area contributed by atoms with Gasteiger partial charge in [0.15, 0.2) is 5.78 Å². The lowest BCUT2D eigenvalue weighted by Crippen LogP contribution is -1.95. The highest BCUT2D eigenvalue weighted by molar-refractivity contribution is 7.80. The van der Waals surface area contributed by atoms with Crippen LogP contribution >= 0.6 is 12.6 Å². The fourth-order valence-corrected chi connectivity index (χ4v) is 0.977. The van der Waals surface area contributed by atoms with Gasteiger partial charge in [-0.1, -0.05) is 0 Å². The number of hydrogen-bond donors (Lipinski definition) is 1. The Hall–Kier alpha value is -0.830. The van der Waals surface area contributed by atoms with Crippen LogP contribution in [0.15, 0.2) is 23.1 Å². The Morgan fingerprint density at radius 1 is 1.55 bits per heavy atom. The predicted octanol–water partition coefficient (Wildman–Crippen LogP) is 2.32. The van der Waals surface area contributed by atoms with E-state index in [0.717, 1.165) is 0 Å². The van der Waals surface area contributed by atoms with Crippen LogP contribution in [0.2, 0.25) is 0 Å². The number of carbonyl (C=O) groups excluding carboxylic acids is 1. The van der Waals surface area contributed by atoms with Crippen molar-refractivity contribution in [3.63, 3.8) is 0 Å². The average molecular weight is 170 g/mol. The highest BCUT2D eigenvalue weighted by Gasteiger charge is 2.05. The quantitative estimate of drug-likeness (QED) is 0.505. The first-order valence-electron chi connectivity index (χ1n) is 3.10. The number of carbonyl (C=O) groups is 1. The fraction of sp³-hybridized carbons (Fsp3) is 0.125. The Balaban J connectivity index is 3.20. The minimum atomic E-state index is -0.509. The Kier molecular flexibility index (Phi) is 2.29. The van der Waals surface area contributed by atoms with E-state index in [-0.39, 0.29) is 11.3 Å². The van der Waals surface area contributed by atoms with E-state index in [4.69, 9.17) is 0 Å². The summed E-state index contributed by atoms with van der Waals surface area (Å²) in [6.07, 6.45) is 0. The van der Waals surface area contributed by atoms with E-state index in [1.165, 1.54) is 19.1 Å². The van der Waals surface area contributed by atoms with Crippen LogP contribution in [0.4, 0.5) is 4.39 Å². The number of hydrogen-bond acceptors (Lipinski definition) is 2. The van der Waals surface area contributed by atoms with Crippen molar-refractivity contribution in [2.45, 2.75) is 11.8 Å². The summed E-state index contributed by atoms with van der Waals surface area (Å²) < 4.78 is 12.8. The van der Waals surface area contributed by atoms with Gasteiger partial charge in [-0.2, -0.15) is 0 Å². The van der Waals surface area contributed by atoms with E-state index in [2.05, 4.69) is 12.6 Å². The summed E-state index contributed by atoms with van der Waals surface area (Å²) in [6.45, 7) is 1.33. The molecule has 0 spiro atoms. The van der Waals surface area contributed by atoms with Gasteiger partial charge in [-0.05, 0) is 25.1 Å². The maximum Gasteiger partial charge on any atom is 0.162 e. The van der Waals surface area contributed by atoms with Crippen molar-refractivity contribution in [1.82, 2.24) is 0 Å². The van der Waals surface area contributed by atoms with Crippen molar-refractivity contribution in [3.05, 3.63) is 29.6 Å². The molecule has 0 N–H and O–H groups in total. The Labute approximate surface area is 69.6 Å². The third-order valence-electron chi connectivity index (χ3n) is 1.33. The lowest BCUT2D eigenvalue weighted by Gasteiger charge is -1.97. The van der Waals surface area contributed by atoms with Crippen molar-refractivity contribution in [2.75, 3.05) is 0 Å². The average Bonchev–Trinajstić information content (AvgIpc) is 1.85. The third kappa shape index (κ3) is 1.80. The molecule has 0 aromatic heterocycles. The summed E-state index contributed by atoms with van der Waals surface area (Å²) in [4.78, 5) is 11.2. The number of rotatable bonds is 1. The normalized spacial score (nSPS) is 9.73. The van der Waals surface area contributed by atoms with Gasteiger partial charge in [-0.15, -0.1) is 12.6 Å². The molecule has 3 heteroatoms. The molecular formula is C8H7FOS. The maximum absolute atomic E-state index is 12.8. The highest BCUT2D eigenvalue weighted by atomic mass is 32.1. The van der Waals surface area contributed by atoms with Crippen molar-refractivity contribution in [1.29, 1.82) is 0 Å². The van der Waals surface area contributed by atoms with E-state index in [9.17, 15) is 9.18 Å². The molecule has 1 nitrogen and oxygen atoms in total. The van der Waals surface area contributed by atoms with Crippen LogP contribution in [0.3, 0.4) is 0 Å². The first-order valence-corrected chi connectivity index (χ1v) is 3.55. The van der Waals surface area contributed by atoms with Crippen LogP contribution in [0.5, 0.6) is 0 Å². The molecule has 58 valence electrons. The molecule has 0 aliphatic carbocycles. The Bertz CT molecular complexity index is 296. The van der Waals surface area contributed by atoms with Crippen LogP contribution in [-0.4, -0.2) is 5.78 Å². The van der Waals surface area contributed by atoms with Crippen molar-refractivity contribution >= 4 is 18.4 Å². The van der Waals surface area contributed by atoms with Crippen LogP contribution in [-0.2, 0) is 0 Å². The minimum Gasteiger partial charge on any atom is -0.294 e. The molecule has 0 saturated carbocycles. The summed E-state index contributed by atoms with van der Waals surface area (Å²) in [5, 5.41) is 0. The molecule has 0 aliphatic heterocycles. The SMILES string of the molecule is CC(=O)c1ccc(S)cc1F. The molecule has 1 aromatic carbocycles. The van der Waals surface area contributed by atoms with Gasteiger partial charge >= 0.3 is 0 Å². The molecule has 0 saturated heterocycles. The summed E-state index contributed by atoms with van der Waals surface area (Å²) in [6, 6.07) is 4.24. The van der Waals surface area contributed by atoms with Crippen molar-refractivity contribution < 1.29 is 9.18 Å².